The van der Waals surface area contributed by atoms with Crippen molar-refractivity contribution in [2.24, 2.45) is 0 Å². The summed E-state index contributed by atoms with van der Waals surface area (Å²) in [4.78, 5) is 12.3. The summed E-state index contributed by atoms with van der Waals surface area (Å²) >= 11 is 12.0. The molecule has 0 aliphatic carbocycles. The smallest absolute Gasteiger partial charge is 0.248 e. The molecule has 1 aliphatic rings. The Morgan fingerprint density at radius 1 is 1.07 bits per heavy atom. The number of hydrogen-bond acceptors (Lipinski definition) is 4. The number of ether oxygens (including phenoxy) is 1. The lowest BCUT2D eigenvalue weighted by Crippen LogP contribution is -2.40. The van der Waals surface area contributed by atoms with E-state index in [0.717, 1.165) is 0 Å². The van der Waals surface area contributed by atoms with Gasteiger partial charge in [0.1, 0.15) is 0 Å². The zero-order chi connectivity index (χ0) is 20.1. The van der Waals surface area contributed by atoms with Crippen molar-refractivity contribution in [3.63, 3.8) is 0 Å². The molecule has 6 nitrogen and oxygen atoms in total. The Bertz CT molecular complexity index is 985. The molecule has 28 heavy (non-hydrogen) atoms. The van der Waals surface area contributed by atoms with Crippen LogP contribution in [-0.2, 0) is 19.6 Å². The minimum Gasteiger partial charge on any atom is -0.379 e. The fourth-order valence-corrected chi connectivity index (χ4v) is 4.39. The molecule has 0 unspecified atom stereocenters. The maximum absolute atomic E-state index is 12.6. The normalized spacial score (nSPS) is 15.6. The van der Waals surface area contributed by atoms with Gasteiger partial charge in [-0.3, -0.25) is 4.79 Å². The van der Waals surface area contributed by atoms with Crippen LogP contribution in [0.15, 0.2) is 53.4 Å². The van der Waals surface area contributed by atoms with Gasteiger partial charge in [-0.15, -0.1) is 0 Å². The number of carbonyl (C=O) groups is 1. The zero-order valence-electron chi connectivity index (χ0n) is 14.8. The van der Waals surface area contributed by atoms with Gasteiger partial charge in [-0.25, -0.2) is 8.42 Å². The van der Waals surface area contributed by atoms with Crippen molar-refractivity contribution in [2.45, 2.75) is 4.90 Å². The fraction of sp³-hybridized carbons (Fsp3) is 0.211. The van der Waals surface area contributed by atoms with Crippen LogP contribution in [0.4, 0.5) is 5.69 Å². The lowest BCUT2D eigenvalue weighted by Gasteiger charge is -2.26. The second kappa shape index (κ2) is 9.07. The summed E-state index contributed by atoms with van der Waals surface area (Å²) in [6.07, 6.45) is 2.92. The Balaban J connectivity index is 1.66. The number of hydrogen-bond donors (Lipinski definition) is 1. The number of rotatable bonds is 5. The summed E-state index contributed by atoms with van der Waals surface area (Å²) in [5, 5.41) is 3.26. The Morgan fingerprint density at radius 2 is 1.75 bits per heavy atom. The van der Waals surface area contributed by atoms with Crippen molar-refractivity contribution >= 4 is 50.9 Å². The topological polar surface area (TPSA) is 75.7 Å². The van der Waals surface area contributed by atoms with E-state index in [1.807, 2.05) is 0 Å². The quantitative estimate of drug-likeness (QED) is 0.719. The Labute approximate surface area is 173 Å². The van der Waals surface area contributed by atoms with E-state index in [2.05, 4.69) is 5.32 Å². The Kier molecular flexibility index (Phi) is 6.74. The first kappa shape index (κ1) is 20.8. The maximum atomic E-state index is 12.6. The first-order chi connectivity index (χ1) is 13.4. The minimum atomic E-state index is -3.54. The molecule has 148 valence electrons. The standard InChI is InChI=1S/C19H18Cl2N2O4S/c20-16-2-1-3-17(19(16)21)22-18(24)9-6-14-4-7-15(8-5-14)28(25,26)23-10-12-27-13-11-23/h1-9H,10-13H2,(H,22,24)/b9-6+. The number of sulfonamides is 1. The van der Waals surface area contributed by atoms with Crippen LogP contribution < -0.4 is 5.32 Å². The number of nitrogens with zero attached hydrogens (tertiary/aromatic N) is 1. The molecule has 9 heteroatoms. The van der Waals surface area contributed by atoms with Crippen LogP contribution in [0.1, 0.15) is 5.56 Å². The van der Waals surface area contributed by atoms with Crippen LogP contribution in [0.3, 0.4) is 0 Å². The maximum Gasteiger partial charge on any atom is 0.248 e. The van der Waals surface area contributed by atoms with Gasteiger partial charge >= 0.3 is 0 Å². The van der Waals surface area contributed by atoms with E-state index < -0.39 is 10.0 Å². The highest BCUT2D eigenvalue weighted by atomic mass is 35.5. The molecule has 0 atom stereocenters. The lowest BCUT2D eigenvalue weighted by molar-refractivity contribution is -0.111. The average molecular weight is 441 g/mol. The largest absolute Gasteiger partial charge is 0.379 e. The monoisotopic (exact) mass is 440 g/mol. The van der Waals surface area contributed by atoms with E-state index in [9.17, 15) is 13.2 Å². The molecule has 3 rings (SSSR count). The molecule has 1 saturated heterocycles. The third kappa shape index (κ3) is 4.92. The highest BCUT2D eigenvalue weighted by Crippen LogP contribution is 2.29. The van der Waals surface area contributed by atoms with Gasteiger partial charge in [-0.1, -0.05) is 41.4 Å². The van der Waals surface area contributed by atoms with Gasteiger partial charge in [0, 0.05) is 19.2 Å². The van der Waals surface area contributed by atoms with Gasteiger partial charge in [0.05, 0.1) is 33.8 Å². The second-order valence-electron chi connectivity index (χ2n) is 6.01. The number of anilines is 1. The fourth-order valence-electron chi connectivity index (χ4n) is 2.63. The van der Waals surface area contributed by atoms with E-state index >= 15 is 0 Å². The van der Waals surface area contributed by atoms with Crippen LogP contribution in [-0.4, -0.2) is 44.9 Å². The highest BCUT2D eigenvalue weighted by Gasteiger charge is 2.25. The predicted octanol–water partition coefficient (Wildman–Crippen LogP) is 3.67. The molecular weight excluding hydrogens is 423 g/mol. The lowest BCUT2D eigenvalue weighted by atomic mass is 10.2. The molecule has 0 aromatic heterocycles. The van der Waals surface area contributed by atoms with Crippen molar-refractivity contribution in [1.82, 2.24) is 4.31 Å². The number of halogens is 2. The molecule has 0 bridgehead atoms. The second-order valence-corrected chi connectivity index (χ2v) is 8.73. The summed E-state index contributed by atoms with van der Waals surface area (Å²) in [6, 6.07) is 11.3. The van der Waals surface area contributed by atoms with Crippen molar-refractivity contribution in [2.75, 3.05) is 31.6 Å². The first-order valence-corrected chi connectivity index (χ1v) is 10.7. The summed E-state index contributed by atoms with van der Waals surface area (Å²) < 4.78 is 31.8. The third-order valence-corrected chi connectivity index (χ3v) is 6.86. The summed E-state index contributed by atoms with van der Waals surface area (Å²) in [5.74, 6) is -0.380. The zero-order valence-corrected chi connectivity index (χ0v) is 17.1. The molecule has 0 saturated carbocycles. The van der Waals surface area contributed by atoms with Crippen molar-refractivity contribution in [1.29, 1.82) is 0 Å². The molecule has 0 radical (unpaired) electrons. The number of carbonyl (C=O) groups excluding carboxylic acids is 1. The van der Waals surface area contributed by atoms with E-state index in [4.69, 9.17) is 27.9 Å². The molecular formula is C19H18Cl2N2O4S. The molecule has 1 N–H and O–H groups in total. The molecule has 1 fully saturated rings. The Morgan fingerprint density at radius 3 is 2.43 bits per heavy atom. The van der Waals surface area contributed by atoms with Crippen molar-refractivity contribution in [3.05, 3.63) is 64.1 Å². The van der Waals surface area contributed by atoms with Crippen molar-refractivity contribution < 1.29 is 17.9 Å². The number of amides is 1. The van der Waals surface area contributed by atoms with Gasteiger partial charge < -0.3 is 10.1 Å². The average Bonchev–Trinajstić information content (AvgIpc) is 2.71. The predicted molar refractivity (Wildman–Crippen MR) is 110 cm³/mol. The summed E-state index contributed by atoms with van der Waals surface area (Å²) in [6.45, 7) is 1.48. The van der Waals surface area contributed by atoms with E-state index in [1.165, 1.54) is 22.5 Å². The van der Waals surface area contributed by atoms with E-state index in [1.54, 1.807) is 36.4 Å². The first-order valence-electron chi connectivity index (χ1n) is 8.49. The van der Waals surface area contributed by atoms with E-state index in [0.29, 0.717) is 42.6 Å². The number of nitrogens with one attached hydrogen (secondary N) is 1. The SMILES string of the molecule is O=C(/C=C/c1ccc(S(=O)(=O)N2CCOCC2)cc1)Nc1cccc(Cl)c1Cl. The van der Waals surface area contributed by atoms with Gasteiger partial charge in [-0.2, -0.15) is 4.31 Å². The van der Waals surface area contributed by atoms with Gasteiger partial charge in [0.15, 0.2) is 0 Å². The van der Waals surface area contributed by atoms with Crippen LogP contribution >= 0.6 is 23.2 Å². The summed E-state index contributed by atoms with van der Waals surface area (Å²) in [7, 11) is -3.54. The molecule has 1 heterocycles. The molecule has 2 aromatic carbocycles. The van der Waals surface area contributed by atoms with Crippen LogP contribution in [0.5, 0.6) is 0 Å². The van der Waals surface area contributed by atoms with Gasteiger partial charge in [0.25, 0.3) is 0 Å². The van der Waals surface area contributed by atoms with E-state index in [-0.39, 0.29) is 15.8 Å². The Hall–Kier alpha value is -1.90. The highest BCUT2D eigenvalue weighted by molar-refractivity contribution is 7.89. The van der Waals surface area contributed by atoms with Crippen molar-refractivity contribution in [3.8, 4) is 0 Å². The third-order valence-electron chi connectivity index (χ3n) is 4.12. The van der Waals surface area contributed by atoms with Gasteiger partial charge in [0.2, 0.25) is 15.9 Å². The molecule has 1 aliphatic heterocycles. The van der Waals surface area contributed by atoms with Crippen LogP contribution in [0.2, 0.25) is 10.0 Å². The van der Waals surface area contributed by atoms with Crippen LogP contribution in [0.25, 0.3) is 6.08 Å². The molecule has 1 amide bonds. The molecule has 0 spiro atoms. The van der Waals surface area contributed by atoms with Gasteiger partial charge in [-0.05, 0) is 35.9 Å². The number of benzene rings is 2. The number of morpholine rings is 1. The summed E-state index contributed by atoms with van der Waals surface area (Å²) in [5.41, 5.74) is 1.10. The molecule has 2 aromatic rings. The minimum absolute atomic E-state index is 0.210. The van der Waals surface area contributed by atoms with Crippen LogP contribution in [0, 0.1) is 0 Å².